The first-order valence-corrected chi connectivity index (χ1v) is 10.0. The third-order valence-electron chi connectivity index (χ3n) is 5.05. The number of carbonyl (C=O) groups excluding carboxylic acids is 1. The number of nitrogens with zero attached hydrogens (tertiary/aromatic N) is 3. The Morgan fingerprint density at radius 1 is 1.11 bits per heavy atom. The molecular weight excluding hydrogens is 374 g/mol. The first kappa shape index (κ1) is 18.6. The second-order valence-corrected chi connectivity index (χ2v) is 7.43. The molecule has 1 aliphatic heterocycles. The van der Waals surface area contributed by atoms with Crippen LogP contribution in [-0.4, -0.2) is 53.6 Å². The fourth-order valence-corrected chi connectivity index (χ4v) is 3.71. The van der Waals surface area contributed by atoms with Gasteiger partial charge < -0.3 is 20.1 Å². The van der Waals surface area contributed by atoms with Gasteiger partial charge in [0.25, 0.3) is 0 Å². The number of nitrogens with one attached hydrogen (secondary N) is 2. The summed E-state index contributed by atoms with van der Waals surface area (Å²) >= 11 is 6.07. The second kappa shape index (κ2) is 8.52. The molecule has 28 heavy (non-hydrogen) atoms. The van der Waals surface area contributed by atoms with Gasteiger partial charge in [0, 0.05) is 49.9 Å². The zero-order valence-corrected chi connectivity index (χ0v) is 16.5. The maximum absolute atomic E-state index is 12.4. The summed E-state index contributed by atoms with van der Waals surface area (Å²) in [6.07, 6.45) is 1.67. The minimum Gasteiger partial charge on any atom is -0.368 e. The summed E-state index contributed by atoms with van der Waals surface area (Å²) in [7, 11) is 0. The van der Waals surface area contributed by atoms with Crippen LogP contribution in [0.5, 0.6) is 0 Å². The zero-order chi connectivity index (χ0) is 19.3. The molecule has 146 valence electrons. The summed E-state index contributed by atoms with van der Waals surface area (Å²) in [5, 5.41) is 3.76. The van der Waals surface area contributed by atoms with Gasteiger partial charge >= 0.3 is 6.03 Å². The summed E-state index contributed by atoms with van der Waals surface area (Å²) < 4.78 is 0. The number of para-hydroxylation sites is 2. The number of benzene rings is 2. The smallest absolute Gasteiger partial charge is 0.317 e. The number of hydrogen-bond donors (Lipinski definition) is 2. The van der Waals surface area contributed by atoms with E-state index in [2.05, 4.69) is 26.3 Å². The number of anilines is 1. The van der Waals surface area contributed by atoms with Gasteiger partial charge in [0.05, 0.1) is 11.0 Å². The number of hydrogen-bond acceptors (Lipinski definition) is 3. The number of halogens is 1. The first-order chi connectivity index (χ1) is 13.7. The van der Waals surface area contributed by atoms with Crippen molar-refractivity contribution in [3.63, 3.8) is 0 Å². The van der Waals surface area contributed by atoms with Gasteiger partial charge in [-0.2, -0.15) is 0 Å². The van der Waals surface area contributed by atoms with E-state index in [0.717, 1.165) is 53.5 Å². The molecule has 1 aliphatic rings. The molecule has 7 heteroatoms. The van der Waals surface area contributed by atoms with Crippen molar-refractivity contribution in [1.82, 2.24) is 20.2 Å². The summed E-state index contributed by atoms with van der Waals surface area (Å²) in [5.74, 6) is 0.964. The summed E-state index contributed by atoms with van der Waals surface area (Å²) in [6, 6.07) is 15.9. The van der Waals surface area contributed by atoms with Crippen LogP contribution in [0.15, 0.2) is 48.5 Å². The van der Waals surface area contributed by atoms with Gasteiger partial charge in [-0.1, -0.05) is 29.8 Å². The molecule has 2 heterocycles. The minimum atomic E-state index is 0.00958. The average molecular weight is 398 g/mol. The van der Waals surface area contributed by atoms with Crippen molar-refractivity contribution in [1.29, 1.82) is 0 Å². The van der Waals surface area contributed by atoms with E-state index < -0.39 is 0 Å². The molecule has 0 bridgehead atoms. The number of aryl methyl sites for hydroxylation is 1. The van der Waals surface area contributed by atoms with Crippen LogP contribution >= 0.6 is 11.6 Å². The highest BCUT2D eigenvalue weighted by Gasteiger charge is 2.21. The third-order valence-corrected chi connectivity index (χ3v) is 5.28. The van der Waals surface area contributed by atoms with E-state index in [1.165, 1.54) is 0 Å². The Morgan fingerprint density at radius 3 is 2.71 bits per heavy atom. The average Bonchev–Trinajstić information content (AvgIpc) is 3.14. The lowest BCUT2D eigenvalue weighted by atomic mass is 10.2. The van der Waals surface area contributed by atoms with E-state index >= 15 is 0 Å². The van der Waals surface area contributed by atoms with Crippen molar-refractivity contribution in [2.45, 2.75) is 12.8 Å². The number of aromatic amines is 1. The van der Waals surface area contributed by atoms with Crippen LogP contribution in [0.4, 0.5) is 10.5 Å². The maximum atomic E-state index is 12.4. The van der Waals surface area contributed by atoms with Gasteiger partial charge in [0.1, 0.15) is 5.82 Å². The summed E-state index contributed by atoms with van der Waals surface area (Å²) in [5.41, 5.74) is 3.15. The molecule has 6 nitrogen and oxygen atoms in total. The predicted octanol–water partition coefficient (Wildman–Crippen LogP) is 3.68. The number of H-pyrrole nitrogens is 1. The molecular formula is C21H24ClN5O. The van der Waals surface area contributed by atoms with Crippen LogP contribution in [0.3, 0.4) is 0 Å². The lowest BCUT2D eigenvalue weighted by molar-refractivity contribution is 0.194. The van der Waals surface area contributed by atoms with E-state index in [1.54, 1.807) is 0 Å². The third kappa shape index (κ3) is 4.39. The van der Waals surface area contributed by atoms with Crippen LogP contribution in [0.25, 0.3) is 11.0 Å². The fourth-order valence-electron chi connectivity index (χ4n) is 3.53. The molecule has 2 aromatic carbocycles. The van der Waals surface area contributed by atoms with Gasteiger partial charge in [-0.05, 0) is 36.8 Å². The van der Waals surface area contributed by atoms with Crippen molar-refractivity contribution in [3.05, 3.63) is 59.4 Å². The molecule has 4 rings (SSSR count). The fraction of sp³-hybridized carbons (Fsp3) is 0.333. The van der Waals surface area contributed by atoms with Gasteiger partial charge in [0.15, 0.2) is 0 Å². The molecule has 0 atom stereocenters. The topological polar surface area (TPSA) is 64.3 Å². The first-order valence-electron chi connectivity index (χ1n) is 9.66. The standard InChI is InChI=1S/C21H24ClN5O/c22-16-5-3-6-17(15-16)26-11-13-27(14-12-26)21(28)23-10-4-9-20-24-18-7-1-2-8-19(18)25-20/h1-3,5-8,15H,4,9-14H2,(H,23,28)(H,24,25). The van der Waals surface area contributed by atoms with Gasteiger partial charge in [-0.3, -0.25) is 0 Å². The van der Waals surface area contributed by atoms with E-state index in [4.69, 9.17) is 11.6 Å². The Balaban J connectivity index is 1.19. The lowest BCUT2D eigenvalue weighted by Crippen LogP contribution is -2.52. The van der Waals surface area contributed by atoms with Gasteiger partial charge in [-0.25, -0.2) is 9.78 Å². The molecule has 1 fully saturated rings. The largest absolute Gasteiger partial charge is 0.368 e. The number of fused-ring (bicyclic) bond motifs is 1. The number of amides is 2. The highest BCUT2D eigenvalue weighted by molar-refractivity contribution is 6.30. The highest BCUT2D eigenvalue weighted by Crippen LogP contribution is 2.20. The second-order valence-electron chi connectivity index (χ2n) is 6.99. The number of urea groups is 1. The monoisotopic (exact) mass is 397 g/mol. The summed E-state index contributed by atoms with van der Waals surface area (Å²) in [6.45, 7) is 3.69. The number of carbonyl (C=O) groups is 1. The molecule has 1 aromatic heterocycles. The van der Waals surface area contributed by atoms with E-state index in [1.807, 2.05) is 47.4 Å². The summed E-state index contributed by atoms with van der Waals surface area (Å²) in [4.78, 5) is 24.4. The lowest BCUT2D eigenvalue weighted by Gasteiger charge is -2.36. The number of aromatic nitrogens is 2. The minimum absolute atomic E-state index is 0.00958. The van der Waals surface area contributed by atoms with Crippen LogP contribution in [-0.2, 0) is 6.42 Å². The molecule has 0 saturated carbocycles. The molecule has 0 radical (unpaired) electrons. The van der Waals surface area contributed by atoms with E-state index in [-0.39, 0.29) is 6.03 Å². The van der Waals surface area contributed by atoms with Gasteiger partial charge in [-0.15, -0.1) is 0 Å². The van der Waals surface area contributed by atoms with Crippen LogP contribution in [0.2, 0.25) is 5.02 Å². The van der Waals surface area contributed by atoms with Crippen molar-refractivity contribution in [3.8, 4) is 0 Å². The molecule has 3 aromatic rings. The van der Waals surface area contributed by atoms with Gasteiger partial charge in [0.2, 0.25) is 0 Å². The normalized spacial score (nSPS) is 14.5. The van der Waals surface area contributed by atoms with Crippen molar-refractivity contribution >= 4 is 34.4 Å². The van der Waals surface area contributed by atoms with Crippen LogP contribution < -0.4 is 10.2 Å². The van der Waals surface area contributed by atoms with Crippen molar-refractivity contribution < 1.29 is 4.79 Å². The van der Waals surface area contributed by atoms with Crippen LogP contribution in [0, 0.1) is 0 Å². The number of imidazole rings is 1. The highest BCUT2D eigenvalue weighted by atomic mass is 35.5. The zero-order valence-electron chi connectivity index (χ0n) is 15.7. The van der Waals surface area contributed by atoms with Crippen molar-refractivity contribution in [2.75, 3.05) is 37.6 Å². The van der Waals surface area contributed by atoms with E-state index in [9.17, 15) is 4.79 Å². The predicted molar refractivity (Wildman–Crippen MR) is 113 cm³/mol. The molecule has 0 aliphatic carbocycles. The molecule has 0 spiro atoms. The molecule has 2 N–H and O–H groups in total. The quantitative estimate of drug-likeness (QED) is 0.645. The Kier molecular flexibility index (Phi) is 5.67. The molecule has 2 amide bonds. The number of piperazine rings is 1. The molecule has 0 unspecified atom stereocenters. The van der Waals surface area contributed by atoms with E-state index in [0.29, 0.717) is 19.6 Å². The number of rotatable bonds is 5. The SMILES string of the molecule is O=C(NCCCc1nc2ccccc2[nH]1)N1CCN(c2cccc(Cl)c2)CC1. The van der Waals surface area contributed by atoms with Crippen molar-refractivity contribution in [2.24, 2.45) is 0 Å². The Morgan fingerprint density at radius 2 is 1.93 bits per heavy atom. The Hall–Kier alpha value is -2.73. The van der Waals surface area contributed by atoms with Crippen LogP contribution in [0.1, 0.15) is 12.2 Å². The molecule has 1 saturated heterocycles. The Bertz CT molecular complexity index is 916. The Labute approximate surface area is 169 Å². The maximum Gasteiger partial charge on any atom is 0.317 e.